The van der Waals surface area contributed by atoms with Crippen molar-refractivity contribution in [3.8, 4) is 0 Å². The van der Waals surface area contributed by atoms with Gasteiger partial charge in [-0.15, -0.1) is 464 Å². The van der Waals surface area contributed by atoms with Crippen LogP contribution in [0.5, 0.6) is 0 Å². The Morgan fingerprint density at radius 2 is 0.266 bits per heavy atom. The van der Waals surface area contributed by atoms with E-state index >= 15 is 0 Å². The van der Waals surface area contributed by atoms with Crippen molar-refractivity contribution in [3.63, 3.8) is 0 Å². The summed E-state index contributed by atoms with van der Waals surface area (Å²) in [5.74, 6) is 0.0231. The Hall–Kier alpha value is 11.3. The van der Waals surface area contributed by atoms with Gasteiger partial charge in [-0.2, -0.15) is 0 Å². The molecular formula is C23H44Cl40O. The fourth-order valence-corrected chi connectivity index (χ4v) is 0.652. The van der Waals surface area contributed by atoms with Crippen LogP contribution in [-0.2, 0) is 4.79 Å². The van der Waals surface area contributed by atoms with Crippen LogP contribution in [0.2, 0.25) is 0 Å². The summed E-state index contributed by atoms with van der Waals surface area (Å²) < 4.78 is 0. The van der Waals surface area contributed by atoms with Gasteiger partial charge in [0.2, 0.25) is 0 Å². The summed E-state index contributed by atoms with van der Waals surface area (Å²) in [6, 6.07) is 0. The van der Waals surface area contributed by atoms with Gasteiger partial charge in [-0.3, -0.25) is 4.79 Å². The van der Waals surface area contributed by atoms with Gasteiger partial charge < -0.3 is 0 Å². The molecule has 41 heteroatoms. The zero-order valence-electron chi connectivity index (χ0n) is 31.7. The van der Waals surface area contributed by atoms with Crippen LogP contribution >= 0.6 is 464 Å². The van der Waals surface area contributed by atoms with Crippen LogP contribution in [0.4, 0.5) is 0 Å². The van der Waals surface area contributed by atoms with E-state index in [2.05, 4.69) is 0 Å². The van der Waals surface area contributed by atoms with Gasteiger partial charge in [-0.25, -0.2) is 0 Å². The van der Waals surface area contributed by atoms with Gasteiger partial charge in [0.05, 0.1) is 101 Å². The predicted octanol–water partition coefficient (Wildman–Crippen LogP) is 28.8. The summed E-state index contributed by atoms with van der Waals surface area (Å²) in [4.78, 5) is 9.56. The maximum atomic E-state index is 10.1. The predicted molar refractivity (Wildman–Crippen MR) is 346 cm³/mol. The fourth-order valence-electron chi connectivity index (χ4n) is 0.217. The molecular weight excluding hydrogens is 1710 g/mol. The molecule has 0 fully saturated rings. The number of carbonyl (C=O) groups is 1. The topological polar surface area (TPSA) is 17.1 Å². The molecule has 0 N–H and O–H groups in total. The molecule has 64 heavy (non-hydrogen) atoms. The number of alkyl halides is 40. The van der Waals surface area contributed by atoms with E-state index in [-0.39, 0.29) is 114 Å². The first kappa shape index (κ1) is 136. The van der Waals surface area contributed by atoms with Crippen LogP contribution in [0.1, 0.15) is 13.3 Å². The smallest absolute Gasteiger partial charge is 0.132 e. The van der Waals surface area contributed by atoms with Crippen molar-refractivity contribution in [2.75, 3.05) is 101 Å². The summed E-state index contributed by atoms with van der Waals surface area (Å²) in [6.45, 7) is 1.46. The van der Waals surface area contributed by atoms with Gasteiger partial charge in [-0.1, -0.05) is 0 Å². The summed E-state index contributed by atoms with van der Waals surface area (Å²) in [5, 5.41) is 3.69. The molecule has 0 saturated heterocycles. The largest absolute Gasteiger partial charge is 0.300 e. The number of hydrogen-bond acceptors (Lipinski definition) is 1. The van der Waals surface area contributed by atoms with Gasteiger partial charge in [0.25, 0.3) is 0 Å². The van der Waals surface area contributed by atoms with E-state index in [1.165, 1.54) is 6.92 Å². The third-order valence-corrected chi connectivity index (χ3v) is 0.750. The first-order chi connectivity index (χ1) is 30.0. The third kappa shape index (κ3) is 1640. The van der Waals surface area contributed by atoms with Gasteiger partial charge in [-0.05, 0) is 6.92 Å². The Morgan fingerprint density at radius 1 is 0.219 bits per heavy atom. The summed E-state index contributed by atoms with van der Waals surface area (Å²) in [5.41, 5.74) is 0. The zero-order valence-corrected chi connectivity index (χ0v) is 62.0. The molecule has 0 saturated carbocycles. The summed E-state index contributed by atoms with van der Waals surface area (Å²) in [6.07, 6.45) is 0.253. The minimum absolute atomic E-state index is 0.0231. The highest BCUT2D eigenvalue weighted by Gasteiger charge is 2.00. The minimum atomic E-state index is -0.530. The van der Waals surface area contributed by atoms with Crippen molar-refractivity contribution in [3.05, 3.63) is 0 Å². The lowest BCUT2D eigenvalue weighted by Crippen LogP contribution is -1.95. The lowest BCUT2D eigenvalue weighted by molar-refractivity contribution is -0.116. The van der Waals surface area contributed by atoms with E-state index in [4.69, 9.17) is 464 Å². The molecule has 0 aromatic carbocycles. The molecule has 0 bridgehead atoms. The third-order valence-electron chi connectivity index (χ3n) is 0.442. The molecule has 0 heterocycles. The molecule has 0 aliphatic heterocycles. The Morgan fingerprint density at radius 3 is 0.266 bits per heavy atom. The van der Waals surface area contributed by atoms with E-state index in [0.29, 0.717) is 0 Å². The number of rotatable bonds is 2. The van der Waals surface area contributed by atoms with Gasteiger partial charge in [0.15, 0.2) is 0 Å². The average Bonchev–Trinajstić information content (AvgIpc) is 3.14. The van der Waals surface area contributed by atoms with Gasteiger partial charge >= 0.3 is 0 Å². The Labute approximate surface area is 584 Å². The highest BCUT2D eigenvalue weighted by Crippen LogP contribution is 2.05. The molecule has 0 aromatic heterocycles. The van der Waals surface area contributed by atoms with Crippen LogP contribution in [0.15, 0.2) is 0 Å². The first-order valence-electron chi connectivity index (χ1n) is 12.1. The molecule has 422 valence electrons. The van der Waals surface area contributed by atoms with Crippen molar-refractivity contribution in [1.29, 1.82) is 0 Å². The second-order valence-electron chi connectivity index (χ2n) is 3.22. The molecule has 0 aromatic rings. The SMILES string of the molecule is CC(=O)CC(Cl)Cl.ClCCl.ClCCl.ClCCl.ClCCl.ClCCl.ClCCl.ClCCl.ClCCl.ClCCl.ClCCl.ClCCl.ClCCl.ClCCl.ClCCl.ClCCl.ClCCl.ClCCl.ClCCl.ClCCl. The molecule has 0 rings (SSSR count). The molecule has 0 amide bonds. The number of hydrogen-bond donors (Lipinski definition) is 0. The normalized spacial score (nSPS) is 6.41. The van der Waals surface area contributed by atoms with E-state index in [1.54, 1.807) is 0 Å². The molecule has 0 atom stereocenters. The van der Waals surface area contributed by atoms with Gasteiger partial charge in [0, 0.05) is 6.42 Å². The minimum Gasteiger partial charge on any atom is -0.300 e. The Bertz CT molecular complexity index is 262. The van der Waals surface area contributed by atoms with Crippen LogP contribution in [0.3, 0.4) is 0 Å². The van der Waals surface area contributed by atoms with E-state index in [9.17, 15) is 4.79 Å². The standard InChI is InChI=1S/C4H6Cl2O.19CH2Cl2/c1-3(7)2-4(5)6;19*2-1-3/h4H,2H2,1H3;19*1H2. The molecule has 0 unspecified atom stereocenters. The number of carbonyl (C=O) groups excluding carboxylic acids is 1. The quantitative estimate of drug-likeness (QED) is 0.252. The summed E-state index contributed by atoms with van der Waals surface area (Å²) in [7, 11) is 0. The number of Topliss-reactive ketones (excluding diaryl/α,β-unsaturated/α-hetero) is 1. The van der Waals surface area contributed by atoms with Crippen LogP contribution in [0, 0.1) is 0 Å². The molecule has 0 spiro atoms. The number of halogens is 40. The van der Waals surface area contributed by atoms with Crippen molar-refractivity contribution < 1.29 is 4.79 Å². The van der Waals surface area contributed by atoms with Crippen LogP contribution < -0.4 is 0 Å². The van der Waals surface area contributed by atoms with E-state index < -0.39 is 4.84 Å². The molecule has 0 aliphatic rings. The van der Waals surface area contributed by atoms with Crippen molar-refractivity contribution in [2.45, 2.75) is 18.2 Å². The highest BCUT2D eigenvalue weighted by molar-refractivity contribution is 6.46. The van der Waals surface area contributed by atoms with E-state index in [1.807, 2.05) is 0 Å². The monoisotopic (exact) mass is 1740 g/mol. The van der Waals surface area contributed by atoms with Crippen molar-refractivity contribution in [1.82, 2.24) is 0 Å². The van der Waals surface area contributed by atoms with Crippen LogP contribution in [0.25, 0.3) is 0 Å². The van der Waals surface area contributed by atoms with Crippen molar-refractivity contribution in [2.24, 2.45) is 0 Å². The Balaban J connectivity index is -0.0000000178. The van der Waals surface area contributed by atoms with Crippen LogP contribution in [-0.4, -0.2) is 112 Å². The van der Waals surface area contributed by atoms with Gasteiger partial charge in [0.1, 0.15) is 10.6 Å². The van der Waals surface area contributed by atoms with Crippen molar-refractivity contribution >= 4 is 470 Å². The Kier molecular flexibility index (Phi) is 610. The lowest BCUT2D eigenvalue weighted by Gasteiger charge is -1.90. The fraction of sp³-hybridized carbons (Fsp3) is 0.957. The highest BCUT2D eigenvalue weighted by atomic mass is 35.6. The van der Waals surface area contributed by atoms with E-state index in [0.717, 1.165) is 0 Å². The molecule has 0 radical (unpaired) electrons. The zero-order chi connectivity index (χ0) is 57.3. The second-order valence-corrected chi connectivity index (χ2v) is 19.8. The molecule has 0 aliphatic carbocycles. The molecule has 1 nitrogen and oxygen atoms in total. The second kappa shape index (κ2) is 287. The maximum absolute atomic E-state index is 10.1. The summed E-state index contributed by atoms with van der Waals surface area (Å²) >= 11 is 191. The average molecular weight is 1750 g/mol. The first-order valence-corrected chi connectivity index (χ1v) is 33.2. The maximum Gasteiger partial charge on any atom is 0.132 e. The number of ketones is 1. The lowest BCUT2D eigenvalue weighted by atomic mass is 10.4.